The molecule has 0 fully saturated rings. The minimum Gasteiger partial charge on any atom is -0.272 e. The molecule has 0 saturated heterocycles. The van der Waals surface area contributed by atoms with Gasteiger partial charge in [-0.25, -0.2) is 0 Å². The Kier molecular flexibility index (Phi) is 6.61. The quantitative estimate of drug-likeness (QED) is 0.441. The number of nitrogens with one attached hydrogen (secondary N) is 1. The first kappa shape index (κ1) is 18.0. The van der Waals surface area contributed by atoms with Gasteiger partial charge in [0.05, 0.1) is 22.0 Å². The van der Waals surface area contributed by atoms with Gasteiger partial charge < -0.3 is 0 Å². The van der Waals surface area contributed by atoms with Crippen molar-refractivity contribution in [3.05, 3.63) is 38.4 Å². The molecule has 0 aromatic heterocycles. The normalized spacial score (nSPS) is 11.1. The third-order valence-corrected chi connectivity index (χ3v) is 2.89. The third-order valence-electron chi connectivity index (χ3n) is 2.89. The minimum absolute atomic E-state index is 0.0683. The van der Waals surface area contributed by atoms with E-state index in [1.165, 1.54) is 12.1 Å². The van der Waals surface area contributed by atoms with Crippen molar-refractivity contribution in [3.63, 3.8) is 0 Å². The van der Waals surface area contributed by atoms with Gasteiger partial charge in [-0.1, -0.05) is 13.8 Å². The lowest BCUT2D eigenvalue weighted by Gasteiger charge is -2.09. The number of nitrogens with zero attached hydrogens (tertiary/aromatic N) is 4. The molecule has 0 aliphatic rings. The Morgan fingerprint density at radius 2 is 2.04 bits per heavy atom. The van der Waals surface area contributed by atoms with Crippen LogP contribution in [0.15, 0.2) is 23.3 Å². The van der Waals surface area contributed by atoms with Gasteiger partial charge in [0.15, 0.2) is 0 Å². The number of anilines is 1. The highest BCUT2D eigenvalue weighted by atomic mass is 16.6. The second-order valence-corrected chi connectivity index (χ2v) is 5.26. The summed E-state index contributed by atoms with van der Waals surface area (Å²) in [6.45, 7) is 3.99. The maximum Gasteiger partial charge on any atom is 0.301 e. The molecule has 1 rings (SSSR count). The molecule has 0 heterocycles. The fraction of sp³-hybridized carbons (Fsp3) is 0.429. The summed E-state index contributed by atoms with van der Waals surface area (Å²) in [7, 11) is 0. The van der Waals surface area contributed by atoms with Crippen LogP contribution in [0.4, 0.5) is 17.1 Å². The van der Waals surface area contributed by atoms with Gasteiger partial charge in [0, 0.05) is 24.6 Å². The van der Waals surface area contributed by atoms with E-state index < -0.39 is 15.5 Å². The number of nitriles is 1. The van der Waals surface area contributed by atoms with E-state index >= 15 is 0 Å². The summed E-state index contributed by atoms with van der Waals surface area (Å²) in [6.07, 6.45) is 1.41. The van der Waals surface area contributed by atoms with E-state index in [9.17, 15) is 20.2 Å². The lowest BCUT2D eigenvalue weighted by Crippen LogP contribution is -2.07. The van der Waals surface area contributed by atoms with E-state index in [1.54, 1.807) is 0 Å². The van der Waals surface area contributed by atoms with Crippen molar-refractivity contribution >= 4 is 22.8 Å². The van der Waals surface area contributed by atoms with E-state index in [2.05, 4.69) is 10.5 Å². The molecule has 0 bridgehead atoms. The summed E-state index contributed by atoms with van der Waals surface area (Å²) >= 11 is 0. The van der Waals surface area contributed by atoms with E-state index in [0.29, 0.717) is 30.9 Å². The number of hydrazone groups is 1. The second-order valence-electron chi connectivity index (χ2n) is 5.26. The number of nitro groups is 2. The van der Waals surface area contributed by atoms with E-state index in [4.69, 9.17) is 5.26 Å². The molecule has 0 spiro atoms. The van der Waals surface area contributed by atoms with E-state index in [0.717, 1.165) is 6.07 Å². The summed E-state index contributed by atoms with van der Waals surface area (Å²) in [5.74, 6) is 0.320. The van der Waals surface area contributed by atoms with Crippen LogP contribution in [0.2, 0.25) is 0 Å². The molecule has 0 atom stereocenters. The first-order valence-corrected chi connectivity index (χ1v) is 6.96. The van der Waals surface area contributed by atoms with Gasteiger partial charge in [-0.2, -0.15) is 10.4 Å². The molecule has 0 aliphatic carbocycles. The minimum atomic E-state index is -0.706. The molecule has 0 unspecified atom stereocenters. The predicted octanol–water partition coefficient (Wildman–Crippen LogP) is 3.62. The van der Waals surface area contributed by atoms with E-state index in [1.807, 2.05) is 19.9 Å². The summed E-state index contributed by atoms with van der Waals surface area (Å²) in [5, 5.41) is 34.5. The maximum absolute atomic E-state index is 11.0. The molecule has 1 aromatic rings. The fourth-order valence-electron chi connectivity index (χ4n) is 1.89. The first-order valence-electron chi connectivity index (χ1n) is 6.96. The lowest BCUT2D eigenvalue weighted by molar-refractivity contribution is -0.393. The molecule has 9 heteroatoms. The first-order chi connectivity index (χ1) is 10.8. The van der Waals surface area contributed by atoms with Crippen molar-refractivity contribution in [1.29, 1.82) is 5.26 Å². The molecule has 0 radical (unpaired) electrons. The standard InChI is InChI=1S/C14H17N5O4/c1-10(2)8-11(4-3-7-15)16-17-13-6-5-12(18(20)21)9-14(13)19(22)23/h5-6,9-10,17H,3-4,8H2,1-2H3. The number of nitro benzene ring substituents is 2. The Labute approximate surface area is 132 Å². The number of hydrogen-bond acceptors (Lipinski definition) is 7. The lowest BCUT2D eigenvalue weighted by atomic mass is 10.0. The van der Waals surface area contributed by atoms with Crippen LogP contribution < -0.4 is 5.43 Å². The Balaban J connectivity index is 3.05. The molecule has 1 N–H and O–H groups in total. The fourth-order valence-corrected chi connectivity index (χ4v) is 1.89. The average molecular weight is 319 g/mol. The predicted molar refractivity (Wildman–Crippen MR) is 85.1 cm³/mol. The van der Waals surface area contributed by atoms with Gasteiger partial charge in [-0.3, -0.25) is 25.7 Å². The zero-order valence-corrected chi connectivity index (χ0v) is 12.9. The molecule has 9 nitrogen and oxygen atoms in total. The Morgan fingerprint density at radius 3 is 2.57 bits per heavy atom. The zero-order valence-electron chi connectivity index (χ0n) is 12.9. The van der Waals surface area contributed by atoms with Crippen molar-refractivity contribution in [2.75, 3.05) is 5.43 Å². The van der Waals surface area contributed by atoms with Crippen molar-refractivity contribution in [3.8, 4) is 6.07 Å². The Hall–Kier alpha value is -3.02. The van der Waals surface area contributed by atoms with Gasteiger partial charge in [-0.05, 0) is 18.4 Å². The van der Waals surface area contributed by atoms with Crippen LogP contribution in [-0.4, -0.2) is 15.6 Å². The van der Waals surface area contributed by atoms with Crippen LogP contribution in [0.1, 0.15) is 33.1 Å². The van der Waals surface area contributed by atoms with Crippen LogP contribution in [-0.2, 0) is 0 Å². The van der Waals surface area contributed by atoms with Gasteiger partial charge in [0.2, 0.25) is 0 Å². The van der Waals surface area contributed by atoms with Crippen LogP contribution in [0.5, 0.6) is 0 Å². The highest BCUT2D eigenvalue weighted by Gasteiger charge is 2.19. The topological polar surface area (TPSA) is 134 Å². The third kappa shape index (κ3) is 5.70. The SMILES string of the molecule is CC(C)CC(CCC#N)=NNc1ccc([N+](=O)[O-])cc1[N+](=O)[O-]. The summed E-state index contributed by atoms with van der Waals surface area (Å²) in [6, 6.07) is 5.33. The van der Waals surface area contributed by atoms with Gasteiger partial charge in [0.25, 0.3) is 5.69 Å². The summed E-state index contributed by atoms with van der Waals surface area (Å²) in [4.78, 5) is 20.3. The summed E-state index contributed by atoms with van der Waals surface area (Å²) < 4.78 is 0. The Morgan fingerprint density at radius 1 is 1.35 bits per heavy atom. The second kappa shape index (κ2) is 8.43. The van der Waals surface area contributed by atoms with Crippen molar-refractivity contribution in [1.82, 2.24) is 0 Å². The van der Waals surface area contributed by atoms with Crippen molar-refractivity contribution in [2.45, 2.75) is 33.1 Å². The maximum atomic E-state index is 11.0. The highest BCUT2D eigenvalue weighted by molar-refractivity contribution is 5.85. The van der Waals surface area contributed by atoms with Crippen LogP contribution >= 0.6 is 0 Å². The monoisotopic (exact) mass is 319 g/mol. The smallest absolute Gasteiger partial charge is 0.272 e. The number of hydrogen-bond donors (Lipinski definition) is 1. The average Bonchev–Trinajstić information content (AvgIpc) is 2.49. The van der Waals surface area contributed by atoms with Crippen molar-refractivity contribution < 1.29 is 9.85 Å². The summed E-state index contributed by atoms with van der Waals surface area (Å²) in [5.41, 5.74) is 2.59. The van der Waals surface area contributed by atoms with E-state index in [-0.39, 0.29) is 11.4 Å². The highest BCUT2D eigenvalue weighted by Crippen LogP contribution is 2.29. The molecule has 1 aromatic carbocycles. The number of non-ortho nitro benzene ring substituents is 1. The van der Waals surface area contributed by atoms with Crippen LogP contribution in [0.3, 0.4) is 0 Å². The largest absolute Gasteiger partial charge is 0.301 e. The molecule has 0 aliphatic heterocycles. The van der Waals surface area contributed by atoms with Gasteiger partial charge >= 0.3 is 5.69 Å². The van der Waals surface area contributed by atoms with Crippen LogP contribution in [0, 0.1) is 37.5 Å². The van der Waals surface area contributed by atoms with Crippen LogP contribution in [0.25, 0.3) is 0 Å². The molecular formula is C14H17N5O4. The van der Waals surface area contributed by atoms with Crippen molar-refractivity contribution in [2.24, 2.45) is 11.0 Å². The zero-order chi connectivity index (χ0) is 17.4. The van der Waals surface area contributed by atoms with Gasteiger partial charge in [0.1, 0.15) is 5.69 Å². The molecule has 0 amide bonds. The Bertz CT molecular complexity index is 664. The molecule has 23 heavy (non-hydrogen) atoms. The van der Waals surface area contributed by atoms with Gasteiger partial charge in [-0.15, -0.1) is 0 Å². The molecule has 0 saturated carbocycles. The number of rotatable bonds is 8. The molecular weight excluding hydrogens is 302 g/mol. The number of benzene rings is 1. The molecule has 122 valence electrons.